The van der Waals surface area contributed by atoms with Gasteiger partial charge in [0.15, 0.2) is 0 Å². The van der Waals surface area contributed by atoms with Gasteiger partial charge in [0.1, 0.15) is 5.82 Å². The zero-order valence-corrected chi connectivity index (χ0v) is 12.5. The molecule has 1 fully saturated rings. The third-order valence-corrected chi connectivity index (χ3v) is 4.37. The topological polar surface area (TPSA) is 36.1 Å². The van der Waals surface area contributed by atoms with Crippen molar-refractivity contribution in [1.82, 2.24) is 9.88 Å². The fraction of sp³-hybridized carbons (Fsp3) is 0.211. The van der Waals surface area contributed by atoms with E-state index >= 15 is 0 Å². The molecule has 3 aromatic rings. The molecule has 1 aromatic heterocycles. The normalized spacial score (nSPS) is 21.9. The highest BCUT2D eigenvalue weighted by Crippen LogP contribution is 2.35. The molecule has 2 unspecified atom stereocenters. The number of rotatable bonds is 3. The van der Waals surface area contributed by atoms with E-state index in [9.17, 15) is 9.18 Å². The summed E-state index contributed by atoms with van der Waals surface area (Å²) in [5, 5.41) is 0.907. The molecule has 116 valence electrons. The number of nitrogens with one attached hydrogen (secondary N) is 1. The van der Waals surface area contributed by atoms with E-state index < -0.39 is 6.40 Å². The Hall–Kier alpha value is -2.62. The molecule has 0 aliphatic carbocycles. The largest absolute Gasteiger partial charge is 0.361 e. The highest BCUT2D eigenvalue weighted by molar-refractivity contribution is 5.84. The number of aromatic amines is 1. The third-order valence-electron chi connectivity index (χ3n) is 4.37. The van der Waals surface area contributed by atoms with Gasteiger partial charge in [-0.1, -0.05) is 30.3 Å². The van der Waals surface area contributed by atoms with Crippen molar-refractivity contribution in [3.8, 4) is 0 Å². The van der Waals surface area contributed by atoms with Gasteiger partial charge in [0.05, 0.1) is 6.04 Å². The summed E-state index contributed by atoms with van der Waals surface area (Å²) < 4.78 is 22.2. The highest BCUT2D eigenvalue weighted by Gasteiger charge is 2.32. The molecule has 1 aliphatic heterocycles. The van der Waals surface area contributed by atoms with Crippen molar-refractivity contribution in [2.24, 2.45) is 0 Å². The van der Waals surface area contributed by atoms with E-state index in [1.807, 2.05) is 36.4 Å². The maximum Gasteiger partial charge on any atom is 0.223 e. The molecule has 1 amide bonds. The van der Waals surface area contributed by atoms with Crippen molar-refractivity contribution < 1.29 is 10.6 Å². The summed E-state index contributed by atoms with van der Waals surface area (Å²) in [4.78, 5) is 17.1. The van der Waals surface area contributed by atoms with Crippen molar-refractivity contribution in [3.63, 3.8) is 0 Å². The van der Waals surface area contributed by atoms with Crippen LogP contribution in [0.1, 0.15) is 31.4 Å². The van der Waals surface area contributed by atoms with E-state index in [2.05, 4.69) is 4.98 Å². The second-order valence-corrected chi connectivity index (χ2v) is 5.82. The standard InChI is InChI=1S/C19H17FN2O/c20-15-10-14(16-8-9-21-17(16)11-15)12-22-18(6-7-19(22)23)13-4-2-1-3-5-13/h1-5,8-11,18,21H,6-7,12H2/i6D. The first-order valence-corrected chi connectivity index (χ1v) is 7.65. The molecule has 4 heteroatoms. The van der Waals surface area contributed by atoms with Crippen LogP contribution in [0.2, 0.25) is 0 Å². The van der Waals surface area contributed by atoms with Gasteiger partial charge in [0.25, 0.3) is 0 Å². The van der Waals surface area contributed by atoms with Gasteiger partial charge < -0.3 is 9.88 Å². The van der Waals surface area contributed by atoms with Crippen LogP contribution in [0.5, 0.6) is 0 Å². The van der Waals surface area contributed by atoms with E-state index in [-0.39, 0.29) is 24.2 Å². The molecule has 0 bridgehead atoms. The second kappa shape index (κ2) is 5.54. The number of benzene rings is 2. The van der Waals surface area contributed by atoms with Crippen LogP contribution >= 0.6 is 0 Å². The number of hydrogen-bond acceptors (Lipinski definition) is 1. The lowest BCUT2D eigenvalue weighted by atomic mass is 10.0. The van der Waals surface area contributed by atoms with Crippen molar-refractivity contribution >= 4 is 16.8 Å². The molecule has 23 heavy (non-hydrogen) atoms. The summed E-state index contributed by atoms with van der Waals surface area (Å²) in [6, 6.07) is 14.1. The number of fused-ring (bicyclic) bond motifs is 1. The summed E-state index contributed by atoms with van der Waals surface area (Å²) >= 11 is 0. The summed E-state index contributed by atoms with van der Waals surface area (Å²) in [6.45, 7) is 0.305. The van der Waals surface area contributed by atoms with Crippen molar-refractivity contribution in [3.05, 3.63) is 71.7 Å². The minimum Gasteiger partial charge on any atom is -0.361 e. The number of nitrogens with zero attached hydrogens (tertiary/aromatic N) is 1. The number of amides is 1. The molecule has 1 N–H and O–H groups in total. The molecule has 4 rings (SSSR count). The Morgan fingerprint density at radius 1 is 1.26 bits per heavy atom. The second-order valence-electron chi connectivity index (χ2n) is 5.82. The highest BCUT2D eigenvalue weighted by atomic mass is 19.1. The fourth-order valence-corrected chi connectivity index (χ4v) is 3.28. The van der Waals surface area contributed by atoms with Crippen LogP contribution in [0, 0.1) is 5.82 Å². The molecule has 0 saturated carbocycles. The number of carbonyl (C=O) groups is 1. The van der Waals surface area contributed by atoms with E-state index in [4.69, 9.17) is 1.37 Å². The van der Waals surface area contributed by atoms with Gasteiger partial charge in [-0.15, -0.1) is 0 Å². The van der Waals surface area contributed by atoms with E-state index in [1.54, 1.807) is 11.1 Å². The third kappa shape index (κ3) is 2.50. The summed E-state index contributed by atoms with van der Waals surface area (Å²) in [6.07, 6.45) is 1.46. The van der Waals surface area contributed by atoms with Gasteiger partial charge in [0.2, 0.25) is 5.91 Å². The molecule has 3 nitrogen and oxygen atoms in total. The number of hydrogen-bond donors (Lipinski definition) is 1. The van der Waals surface area contributed by atoms with Crippen molar-refractivity contribution in [2.75, 3.05) is 0 Å². The molecular formula is C19H17FN2O. The number of carbonyl (C=O) groups excluding carboxylic acids is 1. The quantitative estimate of drug-likeness (QED) is 0.774. The molecular weight excluding hydrogens is 291 g/mol. The van der Waals surface area contributed by atoms with Gasteiger partial charge in [-0.05, 0) is 35.7 Å². The smallest absolute Gasteiger partial charge is 0.223 e. The SMILES string of the molecule is [2H]C1CC(=O)N(Cc2cc(F)cc3[nH]ccc23)C1c1ccccc1. The first-order valence-electron chi connectivity index (χ1n) is 8.23. The minimum atomic E-state index is -0.504. The van der Waals surface area contributed by atoms with Crippen LogP contribution in [-0.2, 0) is 11.3 Å². The van der Waals surface area contributed by atoms with Crippen molar-refractivity contribution in [1.29, 1.82) is 0 Å². The Labute approximate surface area is 135 Å². The number of aromatic nitrogens is 1. The van der Waals surface area contributed by atoms with Crippen LogP contribution in [-0.4, -0.2) is 15.8 Å². The van der Waals surface area contributed by atoms with E-state index in [0.717, 1.165) is 22.0 Å². The van der Waals surface area contributed by atoms with Gasteiger partial charge in [-0.25, -0.2) is 4.39 Å². The predicted molar refractivity (Wildman–Crippen MR) is 87.2 cm³/mol. The molecule has 1 aliphatic rings. The van der Waals surface area contributed by atoms with E-state index in [0.29, 0.717) is 6.54 Å². The van der Waals surface area contributed by atoms with Gasteiger partial charge >= 0.3 is 0 Å². The molecule has 1 saturated heterocycles. The zero-order valence-electron chi connectivity index (χ0n) is 13.5. The zero-order chi connectivity index (χ0) is 16.7. The monoisotopic (exact) mass is 309 g/mol. The predicted octanol–water partition coefficient (Wildman–Crippen LogP) is 4.17. The van der Waals surface area contributed by atoms with Crippen LogP contribution in [0.4, 0.5) is 4.39 Å². The molecule has 0 radical (unpaired) electrons. The van der Waals surface area contributed by atoms with Gasteiger partial charge in [0, 0.05) is 31.4 Å². The van der Waals surface area contributed by atoms with Gasteiger partial charge in [-0.3, -0.25) is 4.79 Å². The average Bonchev–Trinajstić information content (AvgIpc) is 3.13. The average molecular weight is 309 g/mol. The van der Waals surface area contributed by atoms with Gasteiger partial charge in [-0.2, -0.15) is 0 Å². The Bertz CT molecular complexity index is 893. The first kappa shape index (κ1) is 12.9. The molecule has 2 aromatic carbocycles. The molecule has 2 heterocycles. The summed E-state index contributed by atoms with van der Waals surface area (Å²) in [5.74, 6) is -0.387. The Morgan fingerprint density at radius 2 is 2.09 bits per heavy atom. The first-order chi connectivity index (χ1) is 11.6. The summed E-state index contributed by atoms with van der Waals surface area (Å²) in [5.41, 5.74) is 2.43. The Kier molecular flexibility index (Phi) is 3.10. The maximum absolute atomic E-state index is 13.9. The maximum atomic E-state index is 13.9. The van der Waals surface area contributed by atoms with E-state index in [1.165, 1.54) is 12.1 Å². The Morgan fingerprint density at radius 3 is 2.91 bits per heavy atom. The lowest BCUT2D eigenvalue weighted by Crippen LogP contribution is -2.27. The van der Waals surface area contributed by atoms with Crippen LogP contribution in [0.25, 0.3) is 10.9 Å². The lowest BCUT2D eigenvalue weighted by molar-refractivity contribution is -0.129. The molecule has 2 atom stereocenters. The number of likely N-dealkylation sites (tertiary alicyclic amines) is 1. The Balaban J connectivity index is 1.73. The van der Waals surface area contributed by atoms with Crippen molar-refractivity contribution in [2.45, 2.75) is 25.4 Å². The lowest BCUT2D eigenvalue weighted by Gasteiger charge is -2.25. The number of H-pyrrole nitrogens is 1. The van der Waals surface area contributed by atoms with Crippen LogP contribution in [0.3, 0.4) is 0 Å². The van der Waals surface area contributed by atoms with Crippen LogP contribution < -0.4 is 0 Å². The minimum absolute atomic E-state index is 0.0585. The summed E-state index contributed by atoms with van der Waals surface area (Å²) in [7, 11) is 0. The number of halogens is 1. The fourth-order valence-electron chi connectivity index (χ4n) is 3.28. The molecule has 0 spiro atoms. The van der Waals surface area contributed by atoms with Crippen LogP contribution in [0.15, 0.2) is 54.7 Å².